The summed E-state index contributed by atoms with van der Waals surface area (Å²) < 4.78 is 0. The Hall–Kier alpha value is -1.06. The SMILES string of the molecule is CCCCCCCCC(=O)N1CC(C(C)C(=O)O)C1. The normalized spacial score (nSPS) is 17.1. The zero-order valence-corrected chi connectivity index (χ0v) is 12.2. The lowest BCUT2D eigenvalue weighted by Gasteiger charge is -2.41. The summed E-state index contributed by atoms with van der Waals surface area (Å²) in [6, 6.07) is 0. The Morgan fingerprint density at radius 2 is 1.74 bits per heavy atom. The number of carboxylic acids is 1. The Balaban J connectivity index is 2.05. The summed E-state index contributed by atoms with van der Waals surface area (Å²) in [6.07, 6.45) is 7.75. The van der Waals surface area contributed by atoms with Crippen LogP contribution in [0.4, 0.5) is 0 Å². The third-order valence-electron chi connectivity index (χ3n) is 4.10. The van der Waals surface area contributed by atoms with E-state index in [1.165, 1.54) is 25.7 Å². The van der Waals surface area contributed by atoms with Crippen LogP contribution >= 0.6 is 0 Å². The molecule has 1 amide bonds. The molecular weight excluding hydrogens is 242 g/mol. The van der Waals surface area contributed by atoms with Crippen molar-refractivity contribution in [2.75, 3.05) is 13.1 Å². The molecule has 1 heterocycles. The summed E-state index contributed by atoms with van der Waals surface area (Å²) >= 11 is 0. The standard InChI is InChI=1S/C15H27NO3/c1-3-4-5-6-7-8-9-14(17)16-10-13(11-16)12(2)15(18)19/h12-13H,3-11H2,1-2H3,(H,18,19). The molecule has 1 aliphatic rings. The number of nitrogens with zero attached hydrogens (tertiary/aromatic N) is 1. The molecule has 0 bridgehead atoms. The molecule has 0 aliphatic carbocycles. The lowest BCUT2D eigenvalue weighted by atomic mass is 9.87. The molecule has 1 N–H and O–H groups in total. The van der Waals surface area contributed by atoms with Crippen molar-refractivity contribution in [3.05, 3.63) is 0 Å². The first-order valence-electron chi connectivity index (χ1n) is 7.56. The summed E-state index contributed by atoms with van der Waals surface area (Å²) in [7, 11) is 0. The Morgan fingerprint density at radius 3 is 2.32 bits per heavy atom. The average Bonchev–Trinajstić information content (AvgIpc) is 2.31. The van der Waals surface area contributed by atoms with Gasteiger partial charge in [-0.3, -0.25) is 9.59 Å². The molecule has 4 nitrogen and oxygen atoms in total. The third kappa shape index (κ3) is 5.21. The fourth-order valence-electron chi connectivity index (χ4n) is 2.45. The summed E-state index contributed by atoms with van der Waals surface area (Å²) in [5.41, 5.74) is 0. The number of carboxylic acid groups (broad SMARTS) is 1. The average molecular weight is 269 g/mol. The highest BCUT2D eigenvalue weighted by atomic mass is 16.4. The van der Waals surface area contributed by atoms with Gasteiger partial charge in [0, 0.05) is 25.4 Å². The lowest BCUT2D eigenvalue weighted by Crippen LogP contribution is -2.53. The molecule has 1 fully saturated rings. The Bertz CT molecular complexity index is 298. The second kappa shape index (κ2) is 8.18. The molecule has 110 valence electrons. The maximum absolute atomic E-state index is 11.8. The van der Waals surface area contributed by atoms with Gasteiger partial charge in [0.15, 0.2) is 0 Å². The summed E-state index contributed by atoms with van der Waals surface area (Å²) in [5.74, 6) is -0.749. The maximum atomic E-state index is 11.8. The summed E-state index contributed by atoms with van der Waals surface area (Å²) in [4.78, 5) is 24.4. The van der Waals surface area contributed by atoms with Gasteiger partial charge in [-0.25, -0.2) is 0 Å². The van der Waals surface area contributed by atoms with Gasteiger partial charge in [-0.05, 0) is 6.42 Å². The number of unbranched alkanes of at least 4 members (excludes halogenated alkanes) is 5. The van der Waals surface area contributed by atoms with Gasteiger partial charge in [-0.2, -0.15) is 0 Å². The van der Waals surface area contributed by atoms with Crippen molar-refractivity contribution >= 4 is 11.9 Å². The number of aliphatic carboxylic acids is 1. The van der Waals surface area contributed by atoms with Crippen molar-refractivity contribution in [2.24, 2.45) is 11.8 Å². The summed E-state index contributed by atoms with van der Waals surface area (Å²) in [6.45, 7) is 5.18. The minimum absolute atomic E-state index is 0.144. The lowest BCUT2D eigenvalue weighted by molar-refractivity contribution is -0.150. The zero-order valence-electron chi connectivity index (χ0n) is 12.2. The Kier molecular flexibility index (Phi) is 6.89. The topological polar surface area (TPSA) is 57.6 Å². The van der Waals surface area contributed by atoms with Crippen LogP contribution in [0, 0.1) is 11.8 Å². The molecule has 0 radical (unpaired) electrons. The van der Waals surface area contributed by atoms with Gasteiger partial charge >= 0.3 is 5.97 Å². The van der Waals surface area contributed by atoms with Gasteiger partial charge in [-0.1, -0.05) is 46.0 Å². The molecule has 1 rings (SSSR count). The molecule has 1 unspecified atom stereocenters. The molecule has 19 heavy (non-hydrogen) atoms. The van der Waals surface area contributed by atoms with Crippen LogP contribution in [0.3, 0.4) is 0 Å². The monoisotopic (exact) mass is 269 g/mol. The fraction of sp³-hybridized carbons (Fsp3) is 0.867. The smallest absolute Gasteiger partial charge is 0.306 e. The first-order chi connectivity index (χ1) is 9.06. The number of hydrogen-bond acceptors (Lipinski definition) is 2. The first kappa shape index (κ1) is 16.0. The molecule has 0 spiro atoms. The van der Waals surface area contributed by atoms with E-state index in [2.05, 4.69) is 6.92 Å². The van der Waals surface area contributed by atoms with Gasteiger partial charge in [-0.15, -0.1) is 0 Å². The predicted octanol–water partition coefficient (Wildman–Crippen LogP) is 2.92. The van der Waals surface area contributed by atoms with Crippen molar-refractivity contribution in [3.8, 4) is 0 Å². The largest absolute Gasteiger partial charge is 0.481 e. The van der Waals surface area contributed by atoms with Gasteiger partial charge in [0.2, 0.25) is 5.91 Å². The van der Waals surface area contributed by atoms with Crippen LogP contribution in [0.1, 0.15) is 58.8 Å². The van der Waals surface area contributed by atoms with Crippen molar-refractivity contribution in [3.63, 3.8) is 0 Å². The van der Waals surface area contributed by atoms with E-state index in [9.17, 15) is 9.59 Å². The van der Waals surface area contributed by atoms with E-state index in [0.717, 1.165) is 12.8 Å². The fourth-order valence-corrected chi connectivity index (χ4v) is 2.45. The number of carbonyl (C=O) groups excluding carboxylic acids is 1. The van der Waals surface area contributed by atoms with E-state index < -0.39 is 5.97 Å². The summed E-state index contributed by atoms with van der Waals surface area (Å²) in [5, 5.41) is 8.88. The quantitative estimate of drug-likeness (QED) is 0.655. The van der Waals surface area contributed by atoms with Gasteiger partial charge in [0.25, 0.3) is 0 Å². The third-order valence-corrected chi connectivity index (χ3v) is 4.10. The second-order valence-corrected chi connectivity index (χ2v) is 5.70. The highest BCUT2D eigenvalue weighted by Gasteiger charge is 2.36. The molecule has 1 aliphatic heterocycles. The van der Waals surface area contributed by atoms with Crippen molar-refractivity contribution in [1.82, 2.24) is 4.90 Å². The van der Waals surface area contributed by atoms with Crippen LogP contribution in [0.15, 0.2) is 0 Å². The van der Waals surface area contributed by atoms with E-state index in [-0.39, 0.29) is 17.7 Å². The number of hydrogen-bond donors (Lipinski definition) is 1. The molecule has 0 aromatic heterocycles. The Morgan fingerprint density at radius 1 is 1.16 bits per heavy atom. The highest BCUT2D eigenvalue weighted by Crippen LogP contribution is 2.25. The van der Waals surface area contributed by atoms with Crippen LogP contribution in [0.25, 0.3) is 0 Å². The van der Waals surface area contributed by atoms with Crippen LogP contribution in [-0.4, -0.2) is 35.0 Å². The number of carbonyl (C=O) groups is 2. The van der Waals surface area contributed by atoms with Crippen molar-refractivity contribution in [1.29, 1.82) is 0 Å². The molecule has 0 aromatic carbocycles. The minimum atomic E-state index is -0.756. The van der Waals surface area contributed by atoms with Crippen LogP contribution in [-0.2, 0) is 9.59 Å². The predicted molar refractivity (Wildman–Crippen MR) is 74.9 cm³/mol. The van der Waals surface area contributed by atoms with Crippen LogP contribution in [0.2, 0.25) is 0 Å². The van der Waals surface area contributed by atoms with E-state index in [1.54, 1.807) is 11.8 Å². The molecule has 1 saturated heterocycles. The molecular formula is C15H27NO3. The molecule has 0 saturated carbocycles. The zero-order chi connectivity index (χ0) is 14.3. The van der Waals surface area contributed by atoms with Crippen molar-refractivity contribution in [2.45, 2.75) is 58.8 Å². The number of likely N-dealkylation sites (tertiary alicyclic amines) is 1. The van der Waals surface area contributed by atoms with E-state index in [4.69, 9.17) is 5.11 Å². The van der Waals surface area contributed by atoms with Gasteiger partial charge in [0.05, 0.1) is 5.92 Å². The number of rotatable bonds is 9. The first-order valence-corrected chi connectivity index (χ1v) is 7.56. The van der Waals surface area contributed by atoms with Gasteiger partial charge in [0.1, 0.15) is 0 Å². The molecule has 0 aromatic rings. The minimum Gasteiger partial charge on any atom is -0.481 e. The van der Waals surface area contributed by atoms with Crippen LogP contribution in [0.5, 0.6) is 0 Å². The number of amides is 1. The van der Waals surface area contributed by atoms with E-state index in [0.29, 0.717) is 19.5 Å². The Labute approximate surface area is 116 Å². The van der Waals surface area contributed by atoms with Crippen LogP contribution < -0.4 is 0 Å². The van der Waals surface area contributed by atoms with Crippen molar-refractivity contribution < 1.29 is 14.7 Å². The second-order valence-electron chi connectivity index (χ2n) is 5.70. The van der Waals surface area contributed by atoms with Gasteiger partial charge < -0.3 is 10.0 Å². The van der Waals surface area contributed by atoms with E-state index >= 15 is 0 Å². The highest BCUT2D eigenvalue weighted by molar-refractivity contribution is 5.77. The molecule has 4 heteroatoms. The maximum Gasteiger partial charge on any atom is 0.306 e. The van der Waals surface area contributed by atoms with E-state index in [1.807, 2.05) is 0 Å². The molecule has 1 atom stereocenters.